The van der Waals surface area contributed by atoms with Gasteiger partial charge in [-0.25, -0.2) is 0 Å². The maximum Gasteiger partial charge on any atom is 0.249 e. The summed E-state index contributed by atoms with van der Waals surface area (Å²) in [5, 5.41) is 2.71. The molecule has 1 atom stereocenters. The number of carbonyl (C=O) groups is 2. The Balaban J connectivity index is 2.18. The van der Waals surface area contributed by atoms with Crippen LogP contribution in [0.4, 0.5) is 5.69 Å². The van der Waals surface area contributed by atoms with E-state index in [4.69, 9.17) is 10.5 Å². The number of hydrogen-bond donors (Lipinski definition) is 2. The fourth-order valence-electron chi connectivity index (χ4n) is 2.47. The summed E-state index contributed by atoms with van der Waals surface area (Å²) in [7, 11) is 3.26. The summed E-state index contributed by atoms with van der Waals surface area (Å²) in [6, 6.07) is 16.0. The molecule has 0 aliphatic carbocycles. The lowest BCUT2D eigenvalue weighted by Crippen LogP contribution is -2.50. The molecule has 0 saturated heterocycles. The summed E-state index contributed by atoms with van der Waals surface area (Å²) in [4.78, 5) is 26.1. The summed E-state index contributed by atoms with van der Waals surface area (Å²) in [6.45, 7) is -0.162. The van der Waals surface area contributed by atoms with Crippen LogP contribution in [0, 0.1) is 0 Å². The molecule has 2 aromatic rings. The zero-order valence-corrected chi connectivity index (χ0v) is 14.4. The predicted octanol–water partition coefficient (Wildman–Crippen LogP) is 1.34. The number of anilines is 1. The predicted molar refractivity (Wildman–Crippen MR) is 97.5 cm³/mol. The van der Waals surface area contributed by atoms with Crippen LogP contribution in [0.15, 0.2) is 54.6 Å². The number of methoxy groups -OCH3 is 1. The second kappa shape index (κ2) is 8.84. The lowest BCUT2D eigenvalue weighted by atomic mass is 10.0. The van der Waals surface area contributed by atoms with Crippen LogP contribution < -0.4 is 20.7 Å². The van der Waals surface area contributed by atoms with Crippen molar-refractivity contribution in [2.75, 3.05) is 25.6 Å². The Morgan fingerprint density at radius 1 is 1.12 bits per heavy atom. The molecule has 0 aromatic heterocycles. The van der Waals surface area contributed by atoms with Crippen molar-refractivity contribution in [1.29, 1.82) is 0 Å². The Labute approximate surface area is 147 Å². The number of nitrogens with one attached hydrogen (secondary N) is 1. The number of nitrogens with two attached hydrogens (primary N) is 1. The van der Waals surface area contributed by atoms with E-state index in [0.29, 0.717) is 17.9 Å². The van der Waals surface area contributed by atoms with Crippen molar-refractivity contribution in [3.8, 4) is 5.75 Å². The highest BCUT2D eigenvalue weighted by atomic mass is 16.5. The second-order valence-corrected chi connectivity index (χ2v) is 5.61. The number of hydrogen-bond acceptors (Lipinski definition) is 4. The minimum Gasteiger partial charge on any atom is -0.497 e. The molecule has 0 radical (unpaired) electrons. The molecule has 6 heteroatoms. The van der Waals surface area contributed by atoms with Gasteiger partial charge < -0.3 is 20.7 Å². The van der Waals surface area contributed by atoms with Crippen LogP contribution in [-0.4, -0.2) is 38.6 Å². The number of ether oxygens (including phenoxy) is 1. The van der Waals surface area contributed by atoms with Crippen LogP contribution in [0.3, 0.4) is 0 Å². The highest BCUT2D eigenvalue weighted by Gasteiger charge is 2.24. The van der Waals surface area contributed by atoms with Crippen LogP contribution >= 0.6 is 0 Å². The summed E-state index contributed by atoms with van der Waals surface area (Å²) in [5.41, 5.74) is 7.06. The molecule has 2 rings (SSSR count). The first kappa shape index (κ1) is 18.5. The third-order valence-electron chi connectivity index (χ3n) is 3.89. The minimum atomic E-state index is -0.689. The average Bonchev–Trinajstić information content (AvgIpc) is 2.67. The summed E-state index contributed by atoms with van der Waals surface area (Å²) >= 11 is 0. The molecule has 0 aliphatic heterocycles. The van der Waals surface area contributed by atoms with Gasteiger partial charge in [0.1, 0.15) is 11.8 Å². The average molecular weight is 341 g/mol. The topological polar surface area (TPSA) is 84.7 Å². The fourth-order valence-corrected chi connectivity index (χ4v) is 2.47. The standard InChI is InChI=1S/C19H23N3O3/c1-22(15-8-10-16(25-2)11-9-15)19(24)17(21-18(23)13-20)12-14-6-4-3-5-7-14/h3-11,17H,12-13,20H2,1-2H3,(H,21,23). The Morgan fingerprint density at radius 3 is 2.32 bits per heavy atom. The smallest absolute Gasteiger partial charge is 0.249 e. The molecule has 0 aliphatic rings. The van der Waals surface area contributed by atoms with Gasteiger partial charge in [-0.1, -0.05) is 30.3 Å². The van der Waals surface area contributed by atoms with Gasteiger partial charge in [-0.15, -0.1) is 0 Å². The van der Waals surface area contributed by atoms with Crippen LogP contribution in [0.25, 0.3) is 0 Å². The molecule has 25 heavy (non-hydrogen) atoms. The maximum atomic E-state index is 12.9. The van der Waals surface area contributed by atoms with E-state index in [1.54, 1.807) is 38.4 Å². The lowest BCUT2D eigenvalue weighted by molar-refractivity contribution is -0.126. The SMILES string of the molecule is COc1ccc(N(C)C(=O)C(Cc2ccccc2)NC(=O)CN)cc1. The Morgan fingerprint density at radius 2 is 1.76 bits per heavy atom. The van der Waals surface area contributed by atoms with Crippen LogP contribution in [0.2, 0.25) is 0 Å². The Hall–Kier alpha value is -2.86. The number of carbonyl (C=O) groups excluding carboxylic acids is 2. The van der Waals surface area contributed by atoms with Gasteiger partial charge in [0.2, 0.25) is 11.8 Å². The lowest BCUT2D eigenvalue weighted by Gasteiger charge is -2.25. The molecule has 3 N–H and O–H groups in total. The number of rotatable bonds is 7. The van der Waals surface area contributed by atoms with Crippen molar-refractivity contribution in [3.05, 3.63) is 60.2 Å². The molecule has 2 amide bonds. The van der Waals surface area contributed by atoms with E-state index in [9.17, 15) is 9.59 Å². The molecule has 0 heterocycles. The van der Waals surface area contributed by atoms with E-state index in [0.717, 1.165) is 5.56 Å². The number of likely N-dealkylation sites (N-methyl/N-ethyl adjacent to an activating group) is 1. The van der Waals surface area contributed by atoms with E-state index in [1.807, 2.05) is 30.3 Å². The van der Waals surface area contributed by atoms with E-state index in [-0.39, 0.29) is 18.4 Å². The zero-order valence-electron chi connectivity index (χ0n) is 14.4. The Kier molecular flexibility index (Phi) is 6.54. The zero-order chi connectivity index (χ0) is 18.2. The number of nitrogens with zero attached hydrogens (tertiary/aromatic N) is 1. The van der Waals surface area contributed by atoms with Gasteiger partial charge >= 0.3 is 0 Å². The van der Waals surface area contributed by atoms with Gasteiger partial charge in [-0.2, -0.15) is 0 Å². The minimum absolute atomic E-state index is 0.162. The van der Waals surface area contributed by atoms with Crippen molar-refractivity contribution in [3.63, 3.8) is 0 Å². The first-order valence-corrected chi connectivity index (χ1v) is 8.00. The van der Waals surface area contributed by atoms with E-state index in [2.05, 4.69) is 5.32 Å². The van der Waals surface area contributed by atoms with Crippen LogP contribution in [-0.2, 0) is 16.0 Å². The first-order chi connectivity index (χ1) is 12.0. The quantitative estimate of drug-likeness (QED) is 0.796. The molecular formula is C19H23N3O3. The van der Waals surface area contributed by atoms with Gasteiger partial charge in [0, 0.05) is 19.2 Å². The number of benzene rings is 2. The van der Waals surface area contributed by atoms with Gasteiger partial charge in [-0.3, -0.25) is 9.59 Å². The normalized spacial score (nSPS) is 11.5. The molecule has 0 spiro atoms. The van der Waals surface area contributed by atoms with E-state index in [1.165, 1.54) is 4.90 Å². The van der Waals surface area contributed by atoms with E-state index < -0.39 is 6.04 Å². The molecule has 132 valence electrons. The largest absolute Gasteiger partial charge is 0.497 e. The molecular weight excluding hydrogens is 318 g/mol. The number of amides is 2. The molecule has 0 bridgehead atoms. The van der Waals surface area contributed by atoms with E-state index >= 15 is 0 Å². The molecule has 0 fully saturated rings. The third kappa shape index (κ3) is 5.06. The monoisotopic (exact) mass is 341 g/mol. The molecule has 0 saturated carbocycles. The highest BCUT2D eigenvalue weighted by molar-refractivity contribution is 5.99. The van der Waals surface area contributed by atoms with Crippen LogP contribution in [0.5, 0.6) is 5.75 Å². The summed E-state index contributed by atoms with van der Waals surface area (Å²) in [5.74, 6) is 0.134. The third-order valence-corrected chi connectivity index (χ3v) is 3.89. The first-order valence-electron chi connectivity index (χ1n) is 8.00. The van der Waals surface area contributed by atoms with Gasteiger partial charge in [0.05, 0.1) is 13.7 Å². The summed E-state index contributed by atoms with van der Waals surface area (Å²) < 4.78 is 5.13. The molecule has 6 nitrogen and oxygen atoms in total. The molecule has 1 unspecified atom stereocenters. The van der Waals surface area contributed by atoms with Crippen molar-refractivity contribution in [1.82, 2.24) is 5.32 Å². The van der Waals surface area contributed by atoms with Gasteiger partial charge in [0.15, 0.2) is 0 Å². The van der Waals surface area contributed by atoms with Crippen molar-refractivity contribution in [2.24, 2.45) is 5.73 Å². The summed E-state index contributed by atoms with van der Waals surface area (Å²) in [6.07, 6.45) is 0.395. The molecule has 2 aromatic carbocycles. The second-order valence-electron chi connectivity index (χ2n) is 5.61. The highest BCUT2D eigenvalue weighted by Crippen LogP contribution is 2.19. The Bertz CT molecular complexity index is 702. The van der Waals surface area contributed by atoms with Crippen molar-refractivity contribution < 1.29 is 14.3 Å². The van der Waals surface area contributed by atoms with Crippen molar-refractivity contribution in [2.45, 2.75) is 12.5 Å². The van der Waals surface area contributed by atoms with Gasteiger partial charge in [0.25, 0.3) is 0 Å². The fraction of sp³-hybridized carbons (Fsp3) is 0.263. The van der Waals surface area contributed by atoms with Crippen molar-refractivity contribution >= 4 is 17.5 Å². The van der Waals surface area contributed by atoms with Crippen LogP contribution in [0.1, 0.15) is 5.56 Å². The maximum absolute atomic E-state index is 12.9. The van der Waals surface area contributed by atoms with Gasteiger partial charge in [-0.05, 0) is 29.8 Å².